The van der Waals surface area contributed by atoms with Crippen LogP contribution in [0.25, 0.3) is 0 Å². The van der Waals surface area contributed by atoms with Crippen LogP contribution in [0.1, 0.15) is 32.3 Å². The number of hydrogen-bond donors (Lipinski definition) is 1. The van der Waals surface area contributed by atoms with E-state index in [9.17, 15) is 4.79 Å². The third-order valence-corrected chi connectivity index (χ3v) is 3.01. The van der Waals surface area contributed by atoms with Gasteiger partial charge >= 0.3 is 0 Å². The first-order valence-corrected chi connectivity index (χ1v) is 6.48. The van der Waals surface area contributed by atoms with Crippen LogP contribution in [0.3, 0.4) is 0 Å². The molecule has 2 nitrogen and oxygen atoms in total. The van der Waals surface area contributed by atoms with Crippen molar-refractivity contribution in [1.82, 2.24) is 5.32 Å². The average molecular weight is 266 g/mol. The van der Waals surface area contributed by atoms with Gasteiger partial charge < -0.3 is 5.32 Å². The molecule has 0 aliphatic heterocycles. The Bertz CT molecular complexity index is 426. The van der Waals surface area contributed by atoms with E-state index in [4.69, 9.17) is 11.6 Å². The van der Waals surface area contributed by atoms with Crippen molar-refractivity contribution < 1.29 is 4.79 Å². The van der Waals surface area contributed by atoms with Crippen LogP contribution in [-0.4, -0.2) is 11.4 Å². The summed E-state index contributed by atoms with van der Waals surface area (Å²) in [6.45, 7) is 7.62. The van der Waals surface area contributed by atoms with Gasteiger partial charge in [-0.25, -0.2) is 0 Å². The van der Waals surface area contributed by atoms with Gasteiger partial charge in [0.1, 0.15) is 0 Å². The van der Waals surface area contributed by atoms with Crippen molar-refractivity contribution in [3.05, 3.63) is 47.5 Å². The molecule has 0 aliphatic carbocycles. The first-order valence-electron chi connectivity index (χ1n) is 6.10. The van der Waals surface area contributed by atoms with E-state index in [1.165, 1.54) is 0 Å². The lowest BCUT2D eigenvalue weighted by Crippen LogP contribution is -2.45. The molecule has 0 saturated heterocycles. The number of benzene rings is 1. The van der Waals surface area contributed by atoms with Gasteiger partial charge in [-0.3, -0.25) is 4.79 Å². The highest BCUT2D eigenvalue weighted by Gasteiger charge is 2.21. The summed E-state index contributed by atoms with van der Waals surface area (Å²) in [5, 5.41) is 3.76. The normalized spacial score (nSPS) is 11.1. The number of amides is 1. The highest BCUT2D eigenvalue weighted by molar-refractivity contribution is 6.31. The lowest BCUT2D eigenvalue weighted by Gasteiger charge is -2.27. The minimum Gasteiger partial charge on any atom is -0.351 e. The molecule has 0 saturated carbocycles. The van der Waals surface area contributed by atoms with Crippen molar-refractivity contribution >= 4 is 17.5 Å². The second-order valence-electron chi connectivity index (χ2n) is 5.03. The molecule has 0 aliphatic rings. The van der Waals surface area contributed by atoms with Gasteiger partial charge in [0, 0.05) is 17.0 Å². The third kappa shape index (κ3) is 4.92. The Kier molecular flexibility index (Phi) is 5.42. The van der Waals surface area contributed by atoms with Crippen LogP contribution < -0.4 is 5.32 Å². The molecular formula is C15H20ClNO. The number of carbonyl (C=O) groups excluding carboxylic acids is 1. The number of hydrogen-bond acceptors (Lipinski definition) is 1. The maximum Gasteiger partial charge on any atom is 0.220 e. The molecule has 1 aromatic carbocycles. The zero-order chi connectivity index (χ0) is 13.6. The largest absolute Gasteiger partial charge is 0.351 e. The Morgan fingerprint density at radius 1 is 1.44 bits per heavy atom. The third-order valence-electron chi connectivity index (χ3n) is 2.64. The van der Waals surface area contributed by atoms with E-state index < -0.39 is 0 Å². The topological polar surface area (TPSA) is 29.1 Å². The Morgan fingerprint density at radius 2 is 2.11 bits per heavy atom. The van der Waals surface area contributed by atoms with Crippen LogP contribution >= 0.6 is 11.6 Å². The van der Waals surface area contributed by atoms with Crippen LogP contribution in [0.5, 0.6) is 0 Å². The quantitative estimate of drug-likeness (QED) is 0.780. The van der Waals surface area contributed by atoms with Crippen molar-refractivity contribution in [2.75, 3.05) is 0 Å². The molecule has 98 valence electrons. The second kappa shape index (κ2) is 6.60. The van der Waals surface area contributed by atoms with Crippen LogP contribution in [0.2, 0.25) is 5.02 Å². The highest BCUT2D eigenvalue weighted by atomic mass is 35.5. The monoisotopic (exact) mass is 265 g/mol. The van der Waals surface area contributed by atoms with Crippen molar-refractivity contribution in [2.24, 2.45) is 0 Å². The molecule has 0 spiro atoms. The lowest BCUT2D eigenvalue weighted by molar-refractivity contribution is -0.122. The summed E-state index contributed by atoms with van der Waals surface area (Å²) in [5.74, 6) is 0.0481. The molecule has 1 rings (SSSR count). The molecule has 1 N–H and O–H groups in total. The summed E-state index contributed by atoms with van der Waals surface area (Å²) in [7, 11) is 0. The number of allylic oxidation sites excluding steroid dienone is 1. The van der Waals surface area contributed by atoms with Gasteiger partial charge in [0.25, 0.3) is 0 Å². The molecule has 1 aromatic rings. The molecule has 0 radical (unpaired) electrons. The van der Waals surface area contributed by atoms with Crippen molar-refractivity contribution in [3.63, 3.8) is 0 Å². The van der Waals surface area contributed by atoms with E-state index in [-0.39, 0.29) is 11.4 Å². The van der Waals surface area contributed by atoms with Gasteiger partial charge in [-0.1, -0.05) is 35.9 Å². The molecule has 3 heteroatoms. The molecule has 0 bridgehead atoms. The second-order valence-corrected chi connectivity index (χ2v) is 5.43. The number of carbonyl (C=O) groups is 1. The van der Waals surface area contributed by atoms with E-state index in [1.807, 2.05) is 38.1 Å². The summed E-state index contributed by atoms with van der Waals surface area (Å²) in [4.78, 5) is 11.7. The standard InChI is InChI=1S/C15H20ClNO/c1-4-5-10-14(18)17-15(2,3)11-12-8-6-7-9-13(12)16/h4,6-9H,1,5,10-11H2,2-3H3,(H,17,18). The van der Waals surface area contributed by atoms with Crippen LogP contribution in [0.15, 0.2) is 36.9 Å². The van der Waals surface area contributed by atoms with E-state index in [1.54, 1.807) is 6.08 Å². The molecule has 0 fully saturated rings. The van der Waals surface area contributed by atoms with Crippen LogP contribution in [0.4, 0.5) is 0 Å². The maximum absolute atomic E-state index is 11.7. The smallest absolute Gasteiger partial charge is 0.220 e. The Labute approximate surface area is 114 Å². The van der Waals surface area contributed by atoms with E-state index in [0.717, 1.165) is 10.6 Å². The Hall–Kier alpha value is -1.28. The summed E-state index contributed by atoms with van der Waals surface area (Å²) >= 11 is 6.12. The van der Waals surface area contributed by atoms with Crippen LogP contribution in [-0.2, 0) is 11.2 Å². The maximum atomic E-state index is 11.7. The number of halogens is 1. The zero-order valence-corrected chi connectivity index (χ0v) is 11.8. The summed E-state index contributed by atoms with van der Waals surface area (Å²) < 4.78 is 0. The van der Waals surface area contributed by atoms with E-state index in [0.29, 0.717) is 19.3 Å². The average Bonchev–Trinajstić information content (AvgIpc) is 2.28. The molecule has 18 heavy (non-hydrogen) atoms. The fourth-order valence-electron chi connectivity index (χ4n) is 1.84. The Balaban J connectivity index is 2.61. The minimum atomic E-state index is -0.302. The van der Waals surface area contributed by atoms with Crippen molar-refractivity contribution in [2.45, 2.75) is 38.6 Å². The number of rotatable bonds is 6. The van der Waals surface area contributed by atoms with Gasteiger partial charge in [-0.2, -0.15) is 0 Å². The molecule has 0 heterocycles. The zero-order valence-electron chi connectivity index (χ0n) is 11.0. The summed E-state index contributed by atoms with van der Waals surface area (Å²) in [5.41, 5.74) is 0.747. The van der Waals surface area contributed by atoms with Crippen LogP contribution in [0, 0.1) is 0 Å². The fourth-order valence-corrected chi connectivity index (χ4v) is 2.04. The molecule has 0 aromatic heterocycles. The fraction of sp³-hybridized carbons (Fsp3) is 0.400. The molecule has 0 unspecified atom stereocenters. The van der Waals surface area contributed by atoms with Gasteiger partial charge in [-0.15, -0.1) is 6.58 Å². The first kappa shape index (κ1) is 14.8. The van der Waals surface area contributed by atoms with Crippen molar-refractivity contribution in [1.29, 1.82) is 0 Å². The molecule has 1 amide bonds. The van der Waals surface area contributed by atoms with Gasteiger partial charge in [0.2, 0.25) is 5.91 Å². The number of nitrogens with one attached hydrogen (secondary N) is 1. The lowest BCUT2D eigenvalue weighted by atomic mass is 9.94. The Morgan fingerprint density at radius 3 is 2.72 bits per heavy atom. The van der Waals surface area contributed by atoms with Gasteiger partial charge in [0.15, 0.2) is 0 Å². The van der Waals surface area contributed by atoms with Gasteiger partial charge in [0.05, 0.1) is 0 Å². The minimum absolute atomic E-state index is 0.0481. The summed E-state index contributed by atoms with van der Waals surface area (Å²) in [6, 6.07) is 7.71. The predicted octanol–water partition coefficient (Wildman–Crippen LogP) is 3.74. The van der Waals surface area contributed by atoms with E-state index >= 15 is 0 Å². The molecular weight excluding hydrogens is 246 g/mol. The SMILES string of the molecule is C=CCCC(=O)NC(C)(C)Cc1ccccc1Cl. The predicted molar refractivity (Wildman–Crippen MR) is 76.8 cm³/mol. The summed E-state index contributed by atoms with van der Waals surface area (Å²) in [6.07, 6.45) is 3.65. The molecule has 0 atom stereocenters. The van der Waals surface area contributed by atoms with Gasteiger partial charge in [-0.05, 0) is 38.3 Å². The first-order chi connectivity index (χ1) is 8.44. The van der Waals surface area contributed by atoms with E-state index in [2.05, 4.69) is 11.9 Å². The highest BCUT2D eigenvalue weighted by Crippen LogP contribution is 2.20. The van der Waals surface area contributed by atoms with Crippen molar-refractivity contribution in [3.8, 4) is 0 Å².